The zero-order chi connectivity index (χ0) is 23.9. The lowest BCUT2D eigenvalue weighted by atomic mass is 10.0. The molecule has 0 aliphatic rings. The van der Waals surface area contributed by atoms with Gasteiger partial charge in [0.05, 0.1) is 12.7 Å². The lowest BCUT2D eigenvalue weighted by Gasteiger charge is -2.17. The van der Waals surface area contributed by atoms with E-state index in [1.807, 2.05) is 51.2 Å². The largest absolute Gasteiger partial charge is 0.491 e. The Morgan fingerprint density at radius 3 is 2.66 bits per heavy atom. The molecule has 0 aliphatic heterocycles. The van der Waals surface area contributed by atoms with E-state index >= 15 is 0 Å². The summed E-state index contributed by atoms with van der Waals surface area (Å²) in [5.41, 5.74) is 10.6. The second-order valence-electron chi connectivity index (χ2n) is 8.32. The maximum absolute atomic E-state index is 9.54. The number of aliphatic imine (C=N–C) groups is 1. The van der Waals surface area contributed by atoms with Crippen molar-refractivity contribution in [3.8, 4) is 0 Å². The molecule has 5 heteroatoms. The molecule has 0 aromatic heterocycles. The quantitative estimate of drug-likeness (QED) is 0.148. The molecule has 0 aliphatic carbocycles. The second-order valence-corrected chi connectivity index (χ2v) is 8.32. The maximum atomic E-state index is 9.54. The van der Waals surface area contributed by atoms with Crippen LogP contribution in [0.15, 0.2) is 59.3 Å². The molecule has 0 amide bonds. The number of ether oxygens (including phenoxy) is 1. The SMILES string of the molecule is C=C/C(=C\C(C(C)=NC(C)CCCCC)=C(N)c1cccc(CO)c1)OC(C)CCNC. The molecule has 0 radical (unpaired) electrons. The van der Waals surface area contributed by atoms with Crippen molar-refractivity contribution in [2.75, 3.05) is 13.6 Å². The van der Waals surface area contributed by atoms with Gasteiger partial charge in [-0.25, -0.2) is 0 Å². The van der Waals surface area contributed by atoms with E-state index in [0.29, 0.717) is 11.5 Å². The third-order valence-corrected chi connectivity index (χ3v) is 5.37. The first-order valence-corrected chi connectivity index (χ1v) is 11.8. The molecule has 5 nitrogen and oxygen atoms in total. The topological polar surface area (TPSA) is 79.9 Å². The van der Waals surface area contributed by atoms with E-state index in [4.69, 9.17) is 15.5 Å². The van der Waals surface area contributed by atoms with Gasteiger partial charge < -0.3 is 20.9 Å². The number of aliphatic hydroxyl groups is 1. The van der Waals surface area contributed by atoms with Gasteiger partial charge in [0.15, 0.2) is 0 Å². The van der Waals surface area contributed by atoms with Crippen molar-refractivity contribution in [3.63, 3.8) is 0 Å². The highest BCUT2D eigenvalue weighted by Gasteiger charge is 2.13. The number of hydrogen-bond donors (Lipinski definition) is 3. The predicted octanol–water partition coefficient (Wildman–Crippen LogP) is 5.36. The third kappa shape index (κ3) is 9.84. The smallest absolute Gasteiger partial charge is 0.119 e. The Morgan fingerprint density at radius 1 is 1.28 bits per heavy atom. The van der Waals surface area contributed by atoms with Crippen LogP contribution >= 0.6 is 0 Å². The first-order chi connectivity index (χ1) is 15.4. The summed E-state index contributed by atoms with van der Waals surface area (Å²) in [5, 5.41) is 12.7. The zero-order valence-electron chi connectivity index (χ0n) is 20.7. The molecule has 0 heterocycles. The number of nitrogens with one attached hydrogen (secondary N) is 1. The van der Waals surface area contributed by atoms with E-state index in [1.54, 1.807) is 6.08 Å². The molecule has 0 saturated carbocycles. The second kappa shape index (κ2) is 15.4. The molecule has 2 unspecified atom stereocenters. The molecule has 1 aromatic carbocycles. The standard InChI is InChI=1S/C27H43N3O2/c1-7-9-10-12-20(3)30-22(5)26(18-25(8-2)32-21(4)15-16-29-6)27(28)24-14-11-13-23(17-24)19-31/h8,11,13-14,17-18,20-21,29,31H,2,7,9-10,12,15-16,19,28H2,1,3-6H3/b25-18+,27-26?,30-22?. The first-order valence-electron chi connectivity index (χ1n) is 11.8. The number of benzene rings is 1. The van der Waals surface area contributed by atoms with Crippen molar-refractivity contribution in [2.45, 2.75) is 78.6 Å². The van der Waals surface area contributed by atoms with Crippen molar-refractivity contribution in [1.82, 2.24) is 5.32 Å². The molecule has 0 fully saturated rings. The minimum absolute atomic E-state index is 0.0299. The summed E-state index contributed by atoms with van der Waals surface area (Å²) in [6.45, 7) is 13.2. The number of nitrogens with zero attached hydrogens (tertiary/aromatic N) is 1. The van der Waals surface area contributed by atoms with Gasteiger partial charge in [-0.2, -0.15) is 0 Å². The fraction of sp³-hybridized carbons (Fsp3) is 0.519. The van der Waals surface area contributed by atoms with Crippen molar-refractivity contribution in [1.29, 1.82) is 0 Å². The molecule has 178 valence electrons. The monoisotopic (exact) mass is 441 g/mol. The van der Waals surface area contributed by atoms with Gasteiger partial charge in [0.25, 0.3) is 0 Å². The maximum Gasteiger partial charge on any atom is 0.119 e. The Hall–Kier alpha value is -2.37. The molecule has 0 bridgehead atoms. The summed E-state index contributed by atoms with van der Waals surface area (Å²) < 4.78 is 6.12. The Kier molecular flexibility index (Phi) is 13.3. The highest BCUT2D eigenvalue weighted by Crippen LogP contribution is 2.21. The van der Waals surface area contributed by atoms with Crippen LogP contribution in [-0.2, 0) is 11.3 Å². The van der Waals surface area contributed by atoms with Crippen molar-refractivity contribution in [3.05, 3.63) is 65.5 Å². The van der Waals surface area contributed by atoms with Crippen LogP contribution in [0.25, 0.3) is 5.70 Å². The number of hydrogen-bond acceptors (Lipinski definition) is 5. The molecule has 1 aromatic rings. The minimum Gasteiger partial charge on any atom is -0.491 e. The van der Waals surface area contributed by atoms with E-state index in [2.05, 4.69) is 25.7 Å². The van der Waals surface area contributed by atoms with Crippen LogP contribution in [0.1, 0.15) is 70.9 Å². The van der Waals surface area contributed by atoms with Crippen LogP contribution in [0.4, 0.5) is 0 Å². The summed E-state index contributed by atoms with van der Waals surface area (Å²) in [5.74, 6) is 0.665. The van der Waals surface area contributed by atoms with Gasteiger partial charge in [-0.15, -0.1) is 0 Å². The molecule has 32 heavy (non-hydrogen) atoms. The normalized spacial score (nSPS) is 15.2. The van der Waals surface area contributed by atoms with Crippen LogP contribution in [0.2, 0.25) is 0 Å². The predicted molar refractivity (Wildman–Crippen MR) is 138 cm³/mol. The molecular weight excluding hydrogens is 398 g/mol. The van der Waals surface area contributed by atoms with Gasteiger partial charge in [-0.1, -0.05) is 51.0 Å². The Balaban J connectivity index is 3.37. The number of unbranched alkanes of at least 4 members (excludes halogenated alkanes) is 2. The van der Waals surface area contributed by atoms with Crippen LogP contribution < -0.4 is 11.1 Å². The van der Waals surface area contributed by atoms with Gasteiger partial charge in [0.1, 0.15) is 5.76 Å². The van der Waals surface area contributed by atoms with Gasteiger partial charge in [0, 0.05) is 23.0 Å². The average Bonchev–Trinajstić information content (AvgIpc) is 2.79. The van der Waals surface area contributed by atoms with Gasteiger partial charge in [-0.05, 0) is 76.6 Å². The molecule has 4 N–H and O–H groups in total. The molecule has 0 saturated heterocycles. The van der Waals surface area contributed by atoms with E-state index in [1.165, 1.54) is 19.3 Å². The summed E-state index contributed by atoms with van der Waals surface area (Å²) in [4.78, 5) is 4.94. The van der Waals surface area contributed by atoms with E-state index < -0.39 is 0 Å². The third-order valence-electron chi connectivity index (χ3n) is 5.37. The van der Waals surface area contributed by atoms with Gasteiger partial charge >= 0.3 is 0 Å². The summed E-state index contributed by atoms with van der Waals surface area (Å²) in [6.07, 6.45) is 9.20. The summed E-state index contributed by atoms with van der Waals surface area (Å²) >= 11 is 0. The fourth-order valence-corrected chi connectivity index (χ4v) is 3.45. The number of allylic oxidation sites excluding steroid dienone is 3. The van der Waals surface area contributed by atoms with E-state index in [-0.39, 0.29) is 18.8 Å². The van der Waals surface area contributed by atoms with Crippen molar-refractivity contribution >= 4 is 11.4 Å². The number of rotatable bonds is 15. The van der Waals surface area contributed by atoms with Crippen molar-refractivity contribution in [2.24, 2.45) is 10.7 Å². The lowest BCUT2D eigenvalue weighted by Crippen LogP contribution is -2.17. The number of aliphatic hydroxyl groups excluding tert-OH is 1. The zero-order valence-corrected chi connectivity index (χ0v) is 20.7. The number of nitrogens with two attached hydrogens (primary N) is 1. The van der Waals surface area contributed by atoms with Gasteiger partial charge in [0.2, 0.25) is 0 Å². The Bertz CT molecular complexity index is 796. The fourth-order valence-electron chi connectivity index (χ4n) is 3.45. The summed E-state index contributed by atoms with van der Waals surface area (Å²) in [7, 11) is 1.93. The molecule has 2 atom stereocenters. The van der Waals surface area contributed by atoms with Crippen LogP contribution in [-0.4, -0.2) is 36.6 Å². The lowest BCUT2D eigenvalue weighted by molar-refractivity contribution is 0.133. The molecule has 1 rings (SSSR count). The first kappa shape index (κ1) is 27.7. The highest BCUT2D eigenvalue weighted by molar-refractivity contribution is 6.07. The van der Waals surface area contributed by atoms with Gasteiger partial charge in [-0.3, -0.25) is 4.99 Å². The average molecular weight is 442 g/mol. The van der Waals surface area contributed by atoms with Crippen LogP contribution in [0.5, 0.6) is 0 Å². The van der Waals surface area contributed by atoms with E-state index in [0.717, 1.165) is 41.8 Å². The highest BCUT2D eigenvalue weighted by atomic mass is 16.5. The minimum atomic E-state index is -0.0299. The van der Waals surface area contributed by atoms with Crippen LogP contribution in [0.3, 0.4) is 0 Å². The Morgan fingerprint density at radius 2 is 2.03 bits per heavy atom. The Labute approximate surface area is 195 Å². The molecule has 0 spiro atoms. The van der Waals surface area contributed by atoms with Crippen molar-refractivity contribution < 1.29 is 9.84 Å². The van der Waals surface area contributed by atoms with E-state index in [9.17, 15) is 5.11 Å². The summed E-state index contributed by atoms with van der Waals surface area (Å²) in [6, 6.07) is 7.85. The molecular formula is C27H43N3O2. The van der Waals surface area contributed by atoms with Crippen LogP contribution in [0, 0.1) is 0 Å².